The number of carbonyl (C=O) groups is 1. The Kier molecular flexibility index (Phi) is 2.97. The van der Waals surface area contributed by atoms with Crippen LogP contribution in [0.1, 0.15) is 24.3 Å². The highest BCUT2D eigenvalue weighted by atomic mass is 32.1. The molecule has 6 heteroatoms. The van der Waals surface area contributed by atoms with Crippen LogP contribution in [-0.2, 0) is 0 Å². The molecule has 1 amide bonds. The van der Waals surface area contributed by atoms with Crippen LogP contribution in [0.25, 0.3) is 0 Å². The first-order valence-electron chi connectivity index (χ1n) is 3.62. The largest absolute Gasteiger partial charge is 0.364 e. The van der Waals surface area contributed by atoms with Gasteiger partial charge in [0.2, 0.25) is 5.13 Å². The van der Waals surface area contributed by atoms with Crippen molar-refractivity contribution in [2.75, 3.05) is 5.43 Å². The van der Waals surface area contributed by atoms with Crippen LogP contribution in [0.4, 0.5) is 5.13 Å². The van der Waals surface area contributed by atoms with Crippen molar-refractivity contribution in [1.29, 1.82) is 0 Å². The number of nitrogens with zero attached hydrogens (tertiary/aromatic N) is 2. The van der Waals surface area contributed by atoms with Gasteiger partial charge in [-0.2, -0.15) is 5.10 Å². The Morgan fingerprint density at radius 3 is 2.85 bits per heavy atom. The Balaban J connectivity index is 2.70. The molecule has 0 aliphatic carbocycles. The average molecular weight is 198 g/mol. The fraction of sp³-hybridized carbons (Fsp3) is 0.286. The number of anilines is 1. The molecular formula is C7H10N4OS. The number of hydrogen-bond acceptors (Lipinski definition) is 5. The van der Waals surface area contributed by atoms with Crippen molar-refractivity contribution < 1.29 is 4.79 Å². The fourth-order valence-electron chi connectivity index (χ4n) is 0.598. The van der Waals surface area contributed by atoms with Gasteiger partial charge in [-0.1, -0.05) is 0 Å². The van der Waals surface area contributed by atoms with Crippen molar-refractivity contribution >= 4 is 28.1 Å². The Hall–Kier alpha value is -1.43. The maximum absolute atomic E-state index is 10.7. The number of thiazole rings is 1. The van der Waals surface area contributed by atoms with Crippen LogP contribution < -0.4 is 11.2 Å². The lowest BCUT2D eigenvalue weighted by Crippen LogP contribution is -2.11. The molecule has 5 nitrogen and oxygen atoms in total. The summed E-state index contributed by atoms with van der Waals surface area (Å²) in [6.45, 7) is 3.71. The number of hydrogen-bond donors (Lipinski definition) is 2. The highest BCUT2D eigenvalue weighted by Crippen LogP contribution is 2.14. The SMILES string of the molecule is CC(C)=NNc1nc(C(N)=O)cs1. The van der Waals surface area contributed by atoms with Gasteiger partial charge in [-0.15, -0.1) is 11.3 Å². The monoisotopic (exact) mass is 198 g/mol. The predicted octanol–water partition coefficient (Wildman–Crippen LogP) is 1.05. The molecule has 1 rings (SSSR count). The third kappa shape index (κ3) is 2.83. The minimum absolute atomic E-state index is 0.261. The molecule has 70 valence electrons. The molecule has 13 heavy (non-hydrogen) atoms. The smallest absolute Gasteiger partial charge is 0.268 e. The van der Waals surface area contributed by atoms with Crippen LogP contribution >= 0.6 is 11.3 Å². The van der Waals surface area contributed by atoms with Crippen molar-refractivity contribution in [3.05, 3.63) is 11.1 Å². The summed E-state index contributed by atoms with van der Waals surface area (Å²) in [5, 5.41) is 6.08. The molecule has 0 aliphatic rings. The zero-order valence-electron chi connectivity index (χ0n) is 7.37. The Labute approximate surface area is 79.7 Å². The first-order valence-corrected chi connectivity index (χ1v) is 4.50. The summed E-state index contributed by atoms with van der Waals surface area (Å²) >= 11 is 1.29. The highest BCUT2D eigenvalue weighted by molar-refractivity contribution is 7.13. The van der Waals surface area contributed by atoms with Gasteiger partial charge < -0.3 is 5.73 Å². The van der Waals surface area contributed by atoms with Crippen molar-refractivity contribution in [3.63, 3.8) is 0 Å². The first kappa shape index (κ1) is 9.66. The Bertz CT molecular complexity index is 340. The lowest BCUT2D eigenvalue weighted by Gasteiger charge is -1.92. The first-order chi connectivity index (χ1) is 6.09. The van der Waals surface area contributed by atoms with Crippen LogP contribution in [0.2, 0.25) is 0 Å². The second-order valence-electron chi connectivity index (χ2n) is 2.57. The van der Waals surface area contributed by atoms with Gasteiger partial charge in [0.05, 0.1) is 0 Å². The van der Waals surface area contributed by atoms with Crippen molar-refractivity contribution in [2.24, 2.45) is 10.8 Å². The molecular weight excluding hydrogens is 188 g/mol. The van der Waals surface area contributed by atoms with Gasteiger partial charge in [-0.25, -0.2) is 4.98 Å². The Morgan fingerprint density at radius 2 is 2.38 bits per heavy atom. The summed E-state index contributed by atoms with van der Waals surface area (Å²) in [5.74, 6) is -0.526. The minimum Gasteiger partial charge on any atom is -0.364 e. The molecule has 0 aliphatic heterocycles. The number of nitrogens with two attached hydrogens (primary N) is 1. The third-order valence-electron chi connectivity index (χ3n) is 1.13. The number of nitrogens with one attached hydrogen (secondary N) is 1. The van der Waals surface area contributed by atoms with E-state index in [1.54, 1.807) is 5.38 Å². The summed E-state index contributed by atoms with van der Waals surface area (Å²) in [6.07, 6.45) is 0. The second kappa shape index (κ2) is 3.99. The van der Waals surface area contributed by atoms with E-state index in [-0.39, 0.29) is 5.69 Å². The number of aromatic nitrogens is 1. The van der Waals surface area contributed by atoms with E-state index < -0.39 is 5.91 Å². The summed E-state index contributed by atoms with van der Waals surface area (Å²) in [4.78, 5) is 14.6. The molecule has 0 unspecified atom stereocenters. The van der Waals surface area contributed by atoms with Crippen LogP contribution in [0.5, 0.6) is 0 Å². The fourth-order valence-corrected chi connectivity index (χ4v) is 1.24. The van der Waals surface area contributed by atoms with Crippen LogP contribution in [0.15, 0.2) is 10.5 Å². The van der Waals surface area contributed by atoms with Crippen molar-refractivity contribution in [3.8, 4) is 0 Å². The van der Waals surface area contributed by atoms with Gasteiger partial charge in [0.25, 0.3) is 5.91 Å². The summed E-state index contributed by atoms with van der Waals surface area (Å²) < 4.78 is 0. The molecule has 0 spiro atoms. The van der Waals surface area contributed by atoms with Crippen LogP contribution in [0, 0.1) is 0 Å². The quantitative estimate of drug-likeness (QED) is 0.562. The Morgan fingerprint density at radius 1 is 1.69 bits per heavy atom. The molecule has 0 atom stereocenters. The third-order valence-corrected chi connectivity index (χ3v) is 1.88. The van der Waals surface area contributed by atoms with E-state index in [1.165, 1.54) is 11.3 Å². The molecule has 1 heterocycles. The van der Waals surface area contributed by atoms with Crippen molar-refractivity contribution in [1.82, 2.24) is 4.98 Å². The van der Waals surface area contributed by atoms with E-state index in [0.29, 0.717) is 5.13 Å². The molecule has 0 radical (unpaired) electrons. The summed E-state index contributed by atoms with van der Waals surface area (Å²) in [6, 6.07) is 0. The second-order valence-corrected chi connectivity index (χ2v) is 3.43. The zero-order chi connectivity index (χ0) is 9.84. The molecule has 0 aromatic carbocycles. The molecule has 0 fully saturated rings. The van der Waals surface area contributed by atoms with E-state index in [2.05, 4.69) is 15.5 Å². The number of amides is 1. The normalized spacial score (nSPS) is 9.38. The molecule has 0 saturated carbocycles. The lowest BCUT2D eigenvalue weighted by molar-refractivity contribution is 0.0996. The standard InChI is InChI=1S/C7H10N4OS/c1-4(2)10-11-7-9-5(3-13-7)6(8)12/h3H,1-2H3,(H2,8,12)(H,9,11). The molecule has 0 bridgehead atoms. The summed E-state index contributed by atoms with van der Waals surface area (Å²) in [7, 11) is 0. The van der Waals surface area contributed by atoms with E-state index >= 15 is 0 Å². The maximum Gasteiger partial charge on any atom is 0.268 e. The molecule has 0 saturated heterocycles. The molecule has 1 aromatic rings. The lowest BCUT2D eigenvalue weighted by atomic mass is 10.5. The highest BCUT2D eigenvalue weighted by Gasteiger charge is 2.05. The maximum atomic E-state index is 10.7. The van der Waals surface area contributed by atoms with Crippen molar-refractivity contribution in [2.45, 2.75) is 13.8 Å². The number of rotatable bonds is 3. The van der Waals surface area contributed by atoms with E-state index in [9.17, 15) is 4.79 Å². The molecule has 3 N–H and O–H groups in total. The number of primary amides is 1. The van der Waals surface area contributed by atoms with Gasteiger partial charge in [0.15, 0.2) is 0 Å². The van der Waals surface area contributed by atoms with E-state index in [1.807, 2.05) is 13.8 Å². The van der Waals surface area contributed by atoms with Gasteiger partial charge in [-0.05, 0) is 13.8 Å². The van der Waals surface area contributed by atoms with E-state index in [4.69, 9.17) is 5.73 Å². The zero-order valence-corrected chi connectivity index (χ0v) is 8.18. The van der Waals surface area contributed by atoms with Crippen LogP contribution in [0.3, 0.4) is 0 Å². The molecule has 1 aromatic heterocycles. The van der Waals surface area contributed by atoms with Gasteiger partial charge in [0, 0.05) is 11.1 Å². The van der Waals surface area contributed by atoms with Gasteiger partial charge in [-0.3, -0.25) is 10.2 Å². The van der Waals surface area contributed by atoms with E-state index in [0.717, 1.165) is 5.71 Å². The predicted molar refractivity (Wildman–Crippen MR) is 53.0 cm³/mol. The van der Waals surface area contributed by atoms with Crippen LogP contribution in [-0.4, -0.2) is 16.6 Å². The average Bonchev–Trinajstić information content (AvgIpc) is 2.48. The topological polar surface area (TPSA) is 80.4 Å². The number of carbonyl (C=O) groups excluding carboxylic acids is 1. The van der Waals surface area contributed by atoms with Gasteiger partial charge >= 0.3 is 0 Å². The number of hydrazone groups is 1. The summed E-state index contributed by atoms with van der Waals surface area (Å²) in [5.41, 5.74) is 8.88. The minimum atomic E-state index is -0.526. The van der Waals surface area contributed by atoms with Gasteiger partial charge in [0.1, 0.15) is 5.69 Å².